The van der Waals surface area contributed by atoms with E-state index in [1.165, 1.54) is 0 Å². The summed E-state index contributed by atoms with van der Waals surface area (Å²) in [6.07, 6.45) is 4.78. The van der Waals surface area contributed by atoms with Crippen molar-refractivity contribution < 1.29 is 23.7 Å². The summed E-state index contributed by atoms with van der Waals surface area (Å²) in [7, 11) is 0. The molecule has 0 saturated heterocycles. The van der Waals surface area contributed by atoms with Crippen LogP contribution in [0.5, 0.6) is 17.2 Å². The van der Waals surface area contributed by atoms with Crippen LogP contribution in [0, 0.1) is 0 Å². The summed E-state index contributed by atoms with van der Waals surface area (Å²) < 4.78 is 23.5. The van der Waals surface area contributed by atoms with Crippen LogP contribution in [0.25, 0.3) is 11.1 Å². The summed E-state index contributed by atoms with van der Waals surface area (Å²) >= 11 is 0. The number of hydrogen-bond donors (Lipinski definition) is 0. The lowest BCUT2D eigenvalue weighted by atomic mass is 10.0. The van der Waals surface area contributed by atoms with Gasteiger partial charge < -0.3 is 28.7 Å². The van der Waals surface area contributed by atoms with E-state index in [9.17, 15) is 4.79 Å². The van der Waals surface area contributed by atoms with Gasteiger partial charge in [0, 0.05) is 40.4 Å². The van der Waals surface area contributed by atoms with Crippen molar-refractivity contribution >= 4 is 40.1 Å². The van der Waals surface area contributed by atoms with E-state index < -0.39 is 5.97 Å². The van der Waals surface area contributed by atoms with E-state index in [1.807, 2.05) is 48.5 Å². The fourth-order valence-corrected chi connectivity index (χ4v) is 6.40. The largest absolute Gasteiger partial charge is 0.494 e. The van der Waals surface area contributed by atoms with Gasteiger partial charge in [0.15, 0.2) is 0 Å². The van der Waals surface area contributed by atoms with Gasteiger partial charge in [-0.15, -0.1) is 0 Å². The molecule has 0 atom stereocenters. The maximum absolute atomic E-state index is 11.9. The predicted octanol–water partition coefficient (Wildman–Crippen LogP) is 13.5. The lowest BCUT2D eigenvalue weighted by Crippen LogP contribution is -2.13. The molecule has 0 saturated carbocycles. The molecule has 298 valence electrons. The van der Waals surface area contributed by atoms with Crippen molar-refractivity contribution in [3.8, 4) is 28.4 Å². The van der Waals surface area contributed by atoms with Gasteiger partial charge in [0.05, 0.1) is 32.1 Å². The summed E-state index contributed by atoms with van der Waals surface area (Å²) in [5, 5.41) is 0. The Kier molecular flexibility index (Phi) is 15.0. The summed E-state index contributed by atoms with van der Waals surface area (Å²) in [5.74, 6) is 2.05. The minimum Gasteiger partial charge on any atom is -0.494 e. The molecule has 0 radical (unpaired) electrons. The molecular weight excluding hydrogens is 721 g/mol. The number of unbranched alkanes of at least 4 members (excludes halogenated alkanes) is 2. The highest BCUT2D eigenvalue weighted by Gasteiger charge is 2.18. The normalized spacial score (nSPS) is 10.7. The molecule has 0 aliphatic rings. The van der Waals surface area contributed by atoms with Gasteiger partial charge in [0.2, 0.25) is 0 Å². The second kappa shape index (κ2) is 21.2. The van der Waals surface area contributed by atoms with Gasteiger partial charge in [-0.2, -0.15) is 0 Å². The fourth-order valence-electron chi connectivity index (χ4n) is 6.40. The third-order valence-electron chi connectivity index (χ3n) is 9.56. The summed E-state index contributed by atoms with van der Waals surface area (Å²) in [4.78, 5) is 16.3. The minimum absolute atomic E-state index is 0.255. The Morgan fingerprint density at radius 2 is 0.914 bits per heavy atom. The lowest BCUT2D eigenvalue weighted by molar-refractivity contribution is -0.139. The smallest absolute Gasteiger partial charge is 0.333 e. The number of ether oxygens (including phenoxy) is 4. The molecule has 6 rings (SSSR count). The Labute approximate surface area is 344 Å². The Morgan fingerprint density at radius 1 is 0.483 bits per heavy atom. The van der Waals surface area contributed by atoms with Crippen LogP contribution in [0.4, 0.5) is 34.1 Å². The SMILES string of the molecule is C=C(C)C(=O)OCCCOc1ccccc1N(c1ccc(OCCCC)cc1)c1ccc(-c2ccc(N(c3ccccc3)c3ccc(OCCCC)cc3)cc2)cc1. The van der Waals surface area contributed by atoms with Crippen molar-refractivity contribution in [1.29, 1.82) is 0 Å². The van der Waals surface area contributed by atoms with Crippen LogP contribution in [0.1, 0.15) is 52.9 Å². The van der Waals surface area contributed by atoms with Gasteiger partial charge in [-0.25, -0.2) is 4.79 Å². The first-order valence-electron chi connectivity index (χ1n) is 20.3. The molecule has 7 heteroatoms. The Bertz CT molecular complexity index is 2170. The summed E-state index contributed by atoms with van der Waals surface area (Å²) in [5.41, 5.74) is 8.62. The van der Waals surface area contributed by atoms with Crippen LogP contribution in [-0.4, -0.2) is 32.4 Å². The zero-order valence-electron chi connectivity index (χ0n) is 33.9. The molecule has 0 spiro atoms. The van der Waals surface area contributed by atoms with Crippen molar-refractivity contribution in [1.82, 2.24) is 0 Å². The molecule has 0 heterocycles. The lowest BCUT2D eigenvalue weighted by Gasteiger charge is -2.28. The molecule has 0 bridgehead atoms. The molecular formula is C51H54N2O5. The van der Waals surface area contributed by atoms with Crippen LogP contribution in [0.3, 0.4) is 0 Å². The number of carbonyl (C=O) groups excluding carboxylic acids is 1. The van der Waals surface area contributed by atoms with Crippen LogP contribution < -0.4 is 24.0 Å². The van der Waals surface area contributed by atoms with Gasteiger partial charge in [-0.3, -0.25) is 0 Å². The number of esters is 1. The Morgan fingerprint density at radius 3 is 1.41 bits per heavy atom. The van der Waals surface area contributed by atoms with Crippen molar-refractivity contribution in [2.45, 2.75) is 52.9 Å². The van der Waals surface area contributed by atoms with E-state index in [-0.39, 0.29) is 6.61 Å². The Balaban J connectivity index is 1.25. The van der Waals surface area contributed by atoms with E-state index in [4.69, 9.17) is 18.9 Å². The first-order valence-corrected chi connectivity index (χ1v) is 20.3. The van der Waals surface area contributed by atoms with E-state index in [2.05, 4.69) is 133 Å². The quantitative estimate of drug-likeness (QED) is 0.0410. The number of carbonyl (C=O) groups is 1. The third kappa shape index (κ3) is 11.1. The van der Waals surface area contributed by atoms with Gasteiger partial charge in [0.1, 0.15) is 17.2 Å². The zero-order valence-corrected chi connectivity index (χ0v) is 33.9. The number of para-hydroxylation sites is 3. The molecule has 0 aliphatic heterocycles. The topological polar surface area (TPSA) is 60.5 Å². The fraction of sp³-hybridized carbons (Fsp3) is 0.235. The van der Waals surface area contributed by atoms with Gasteiger partial charge in [-0.05, 0) is 128 Å². The molecule has 6 aromatic rings. The van der Waals surface area contributed by atoms with Crippen LogP contribution in [0.2, 0.25) is 0 Å². The highest BCUT2D eigenvalue weighted by atomic mass is 16.5. The van der Waals surface area contributed by atoms with Crippen molar-refractivity contribution in [3.05, 3.63) is 164 Å². The number of rotatable bonds is 21. The van der Waals surface area contributed by atoms with Gasteiger partial charge >= 0.3 is 5.97 Å². The molecule has 6 aromatic carbocycles. The monoisotopic (exact) mass is 774 g/mol. The van der Waals surface area contributed by atoms with E-state index in [1.54, 1.807) is 6.92 Å². The zero-order chi connectivity index (χ0) is 40.5. The van der Waals surface area contributed by atoms with Crippen LogP contribution in [-0.2, 0) is 9.53 Å². The maximum Gasteiger partial charge on any atom is 0.333 e. The van der Waals surface area contributed by atoms with Crippen molar-refractivity contribution in [2.75, 3.05) is 36.2 Å². The van der Waals surface area contributed by atoms with E-state index in [0.717, 1.165) is 94.8 Å². The predicted molar refractivity (Wildman–Crippen MR) is 238 cm³/mol. The highest BCUT2D eigenvalue weighted by molar-refractivity contribution is 5.87. The number of benzene rings is 6. The molecule has 0 fully saturated rings. The van der Waals surface area contributed by atoms with Crippen molar-refractivity contribution in [2.24, 2.45) is 0 Å². The first kappa shape index (κ1) is 41.2. The second-order valence-electron chi connectivity index (χ2n) is 14.1. The average molecular weight is 775 g/mol. The standard InChI is InChI=1S/C51H54N2O5/c1-5-7-35-55-47-31-27-44(28-32-47)52(42-15-10-9-11-16-42)43-23-19-40(20-24-43)41-21-25-45(26-22-41)53(46-29-33-48(34-30-46)56-36-8-6-2)49-17-12-13-18-50(49)57-37-14-38-58-51(54)39(3)4/h9-13,15-34H,3,5-8,14,35-38H2,1-2,4H3. The number of anilines is 6. The van der Waals surface area contributed by atoms with Crippen LogP contribution in [0.15, 0.2) is 164 Å². The molecule has 0 N–H and O–H groups in total. The third-order valence-corrected chi connectivity index (χ3v) is 9.56. The van der Waals surface area contributed by atoms with Crippen LogP contribution >= 0.6 is 0 Å². The van der Waals surface area contributed by atoms with E-state index in [0.29, 0.717) is 25.2 Å². The molecule has 0 aromatic heterocycles. The first-order chi connectivity index (χ1) is 28.4. The van der Waals surface area contributed by atoms with E-state index >= 15 is 0 Å². The van der Waals surface area contributed by atoms with Gasteiger partial charge in [-0.1, -0.05) is 87.9 Å². The molecule has 7 nitrogen and oxygen atoms in total. The highest BCUT2D eigenvalue weighted by Crippen LogP contribution is 2.42. The maximum atomic E-state index is 11.9. The number of hydrogen-bond acceptors (Lipinski definition) is 7. The second-order valence-corrected chi connectivity index (χ2v) is 14.1. The molecule has 58 heavy (non-hydrogen) atoms. The van der Waals surface area contributed by atoms with Gasteiger partial charge in [0.25, 0.3) is 0 Å². The molecule has 0 amide bonds. The summed E-state index contributed by atoms with van der Waals surface area (Å²) in [6, 6.07) is 52.2. The molecule has 0 aliphatic carbocycles. The minimum atomic E-state index is -0.392. The number of nitrogens with zero attached hydrogens (tertiary/aromatic N) is 2. The average Bonchev–Trinajstić information content (AvgIpc) is 3.26. The molecule has 0 unspecified atom stereocenters. The Hall–Kier alpha value is -6.47. The van der Waals surface area contributed by atoms with Crippen molar-refractivity contribution in [3.63, 3.8) is 0 Å². The summed E-state index contributed by atoms with van der Waals surface area (Å²) in [6.45, 7) is 11.7.